The predicted molar refractivity (Wildman–Crippen MR) is 83.2 cm³/mol. The summed E-state index contributed by atoms with van der Waals surface area (Å²) in [6.07, 6.45) is -2.56. The van der Waals surface area contributed by atoms with Crippen molar-refractivity contribution < 1.29 is 27.4 Å². The summed E-state index contributed by atoms with van der Waals surface area (Å²) >= 11 is 0. The summed E-state index contributed by atoms with van der Waals surface area (Å²) in [6, 6.07) is 2.26. The summed E-state index contributed by atoms with van der Waals surface area (Å²) in [5.74, 6) is -0.469. The molecule has 2 fully saturated rings. The van der Waals surface area contributed by atoms with E-state index in [1.54, 1.807) is 0 Å². The topological polar surface area (TPSA) is 63.7 Å². The minimum absolute atomic E-state index is 0.0146. The van der Waals surface area contributed by atoms with Crippen LogP contribution in [0.5, 0.6) is 0 Å². The molecule has 9 heteroatoms. The molecule has 1 N–H and O–H groups in total. The van der Waals surface area contributed by atoms with Crippen LogP contribution in [-0.4, -0.2) is 55.9 Å². The number of alkyl halides is 3. The van der Waals surface area contributed by atoms with Crippen molar-refractivity contribution in [3.05, 3.63) is 23.9 Å². The molecule has 1 unspecified atom stereocenters. The molecule has 3 heterocycles. The van der Waals surface area contributed by atoms with Crippen LogP contribution in [0.3, 0.4) is 0 Å². The number of halogens is 3. The Kier molecular flexibility index (Phi) is 5.43. The Morgan fingerprint density at radius 3 is 2.76 bits per heavy atom. The third-order valence-corrected chi connectivity index (χ3v) is 4.32. The maximum absolute atomic E-state index is 13.2. The first-order valence-corrected chi connectivity index (χ1v) is 8.22. The number of anilines is 1. The van der Waals surface area contributed by atoms with Gasteiger partial charge in [-0.15, -0.1) is 0 Å². The summed E-state index contributed by atoms with van der Waals surface area (Å²) in [6.45, 7) is 1.63. The van der Waals surface area contributed by atoms with Gasteiger partial charge >= 0.3 is 6.18 Å². The van der Waals surface area contributed by atoms with Crippen LogP contribution in [0.4, 0.5) is 19.0 Å². The highest BCUT2D eigenvalue weighted by molar-refractivity contribution is 5.82. The highest BCUT2D eigenvalue weighted by atomic mass is 19.4. The van der Waals surface area contributed by atoms with Gasteiger partial charge in [0.05, 0.1) is 18.7 Å². The standard InChI is InChI=1S/C16H20F3N3O3/c17-16(18,19)12-2-1-5-20-14(12)22-6-9-25-13(10-22)15(23)21-11-3-7-24-8-4-11/h1-2,5,11,13H,3-4,6-10H2,(H,21,23). The summed E-state index contributed by atoms with van der Waals surface area (Å²) in [7, 11) is 0. The summed E-state index contributed by atoms with van der Waals surface area (Å²) in [5, 5.41) is 2.89. The van der Waals surface area contributed by atoms with Crippen molar-refractivity contribution in [2.24, 2.45) is 0 Å². The zero-order chi connectivity index (χ0) is 17.9. The molecule has 2 saturated heterocycles. The first-order chi connectivity index (χ1) is 11.9. The van der Waals surface area contributed by atoms with Gasteiger partial charge in [0.25, 0.3) is 5.91 Å². The molecule has 0 aliphatic carbocycles. The Balaban J connectivity index is 1.68. The number of aromatic nitrogens is 1. The number of ether oxygens (including phenoxy) is 2. The number of morpholine rings is 1. The smallest absolute Gasteiger partial charge is 0.381 e. The summed E-state index contributed by atoms with van der Waals surface area (Å²) in [5.41, 5.74) is -0.805. The van der Waals surface area contributed by atoms with E-state index in [2.05, 4.69) is 10.3 Å². The van der Waals surface area contributed by atoms with E-state index in [9.17, 15) is 18.0 Å². The lowest BCUT2D eigenvalue weighted by Crippen LogP contribution is -2.53. The Hall–Kier alpha value is -1.87. The lowest BCUT2D eigenvalue weighted by atomic mass is 10.1. The van der Waals surface area contributed by atoms with E-state index >= 15 is 0 Å². The third-order valence-electron chi connectivity index (χ3n) is 4.32. The van der Waals surface area contributed by atoms with Crippen molar-refractivity contribution in [3.8, 4) is 0 Å². The van der Waals surface area contributed by atoms with Crippen molar-refractivity contribution >= 4 is 11.7 Å². The fraction of sp³-hybridized carbons (Fsp3) is 0.625. The van der Waals surface area contributed by atoms with Gasteiger partial charge in [0.2, 0.25) is 0 Å². The van der Waals surface area contributed by atoms with Crippen LogP contribution < -0.4 is 10.2 Å². The molecule has 1 aromatic heterocycles. The van der Waals surface area contributed by atoms with Crippen LogP contribution in [0.25, 0.3) is 0 Å². The summed E-state index contributed by atoms with van der Waals surface area (Å²) < 4.78 is 50.2. The molecule has 0 saturated carbocycles. The normalized spacial score (nSPS) is 22.7. The molecule has 0 spiro atoms. The Labute approximate surface area is 143 Å². The number of nitrogens with one attached hydrogen (secondary N) is 1. The Morgan fingerprint density at radius 2 is 2.04 bits per heavy atom. The van der Waals surface area contributed by atoms with Crippen LogP contribution in [0.2, 0.25) is 0 Å². The van der Waals surface area contributed by atoms with Gasteiger partial charge in [-0.1, -0.05) is 0 Å². The second-order valence-corrected chi connectivity index (χ2v) is 6.07. The van der Waals surface area contributed by atoms with Crippen molar-refractivity contribution in [3.63, 3.8) is 0 Å². The lowest BCUT2D eigenvalue weighted by Gasteiger charge is -2.35. The van der Waals surface area contributed by atoms with Crippen LogP contribution in [0.1, 0.15) is 18.4 Å². The third kappa shape index (κ3) is 4.40. The minimum atomic E-state index is -4.50. The SMILES string of the molecule is O=C(NC1CCOCC1)C1CN(c2ncccc2C(F)(F)F)CCO1. The molecule has 1 amide bonds. The second-order valence-electron chi connectivity index (χ2n) is 6.07. The second kappa shape index (κ2) is 7.57. The molecular formula is C16H20F3N3O3. The van der Waals surface area contributed by atoms with Gasteiger partial charge in [0, 0.05) is 32.0 Å². The maximum atomic E-state index is 13.2. The molecule has 0 radical (unpaired) electrons. The molecule has 6 nitrogen and oxygen atoms in total. The van der Waals surface area contributed by atoms with Gasteiger partial charge < -0.3 is 19.7 Å². The first kappa shape index (κ1) is 17.9. The average Bonchev–Trinajstić information content (AvgIpc) is 2.62. The van der Waals surface area contributed by atoms with E-state index in [0.29, 0.717) is 13.2 Å². The zero-order valence-electron chi connectivity index (χ0n) is 13.6. The first-order valence-electron chi connectivity index (χ1n) is 8.22. The number of amides is 1. The molecule has 0 bridgehead atoms. The molecular weight excluding hydrogens is 339 g/mol. The van der Waals surface area contributed by atoms with E-state index in [1.807, 2.05) is 0 Å². The van der Waals surface area contributed by atoms with E-state index in [1.165, 1.54) is 17.2 Å². The Bertz CT molecular complexity index is 606. The van der Waals surface area contributed by atoms with Crippen molar-refractivity contribution in [2.75, 3.05) is 37.8 Å². The monoisotopic (exact) mass is 359 g/mol. The van der Waals surface area contributed by atoms with Gasteiger partial charge in [-0.05, 0) is 25.0 Å². The molecule has 2 aliphatic rings. The quantitative estimate of drug-likeness (QED) is 0.888. The van der Waals surface area contributed by atoms with Crippen molar-refractivity contribution in [2.45, 2.75) is 31.2 Å². The van der Waals surface area contributed by atoms with E-state index in [0.717, 1.165) is 18.9 Å². The Morgan fingerprint density at radius 1 is 1.28 bits per heavy atom. The number of pyridine rings is 1. The van der Waals surface area contributed by atoms with Crippen molar-refractivity contribution in [1.29, 1.82) is 0 Å². The summed E-state index contributed by atoms with van der Waals surface area (Å²) in [4.78, 5) is 17.7. The number of carbonyl (C=O) groups is 1. The molecule has 3 rings (SSSR count). The van der Waals surface area contributed by atoms with Crippen LogP contribution in [0.15, 0.2) is 18.3 Å². The predicted octanol–water partition coefficient (Wildman–Crippen LogP) is 1.60. The largest absolute Gasteiger partial charge is 0.419 e. The van der Waals surface area contributed by atoms with Crippen LogP contribution in [0, 0.1) is 0 Å². The van der Waals surface area contributed by atoms with Gasteiger partial charge in [0.1, 0.15) is 5.82 Å². The highest BCUT2D eigenvalue weighted by Gasteiger charge is 2.37. The number of carbonyl (C=O) groups excluding carboxylic acids is 1. The van der Waals surface area contributed by atoms with Gasteiger partial charge in [-0.2, -0.15) is 13.2 Å². The fourth-order valence-electron chi connectivity index (χ4n) is 3.01. The lowest BCUT2D eigenvalue weighted by molar-refractivity contribution is -0.137. The number of hydrogen-bond donors (Lipinski definition) is 1. The molecule has 1 atom stereocenters. The molecule has 2 aliphatic heterocycles. The minimum Gasteiger partial charge on any atom is -0.381 e. The number of hydrogen-bond acceptors (Lipinski definition) is 5. The number of rotatable bonds is 3. The van der Waals surface area contributed by atoms with Crippen LogP contribution in [-0.2, 0) is 20.4 Å². The number of nitrogens with zero attached hydrogens (tertiary/aromatic N) is 2. The van der Waals surface area contributed by atoms with E-state index in [4.69, 9.17) is 9.47 Å². The molecule has 25 heavy (non-hydrogen) atoms. The van der Waals surface area contributed by atoms with Crippen molar-refractivity contribution in [1.82, 2.24) is 10.3 Å². The molecule has 0 aromatic carbocycles. The molecule has 138 valence electrons. The molecule has 1 aromatic rings. The van der Waals surface area contributed by atoms with E-state index < -0.39 is 17.8 Å². The fourth-order valence-corrected chi connectivity index (χ4v) is 3.01. The van der Waals surface area contributed by atoms with E-state index in [-0.39, 0.29) is 37.5 Å². The van der Waals surface area contributed by atoms with Gasteiger partial charge in [-0.3, -0.25) is 4.79 Å². The van der Waals surface area contributed by atoms with Gasteiger partial charge in [-0.25, -0.2) is 4.98 Å². The maximum Gasteiger partial charge on any atom is 0.419 e. The average molecular weight is 359 g/mol. The zero-order valence-corrected chi connectivity index (χ0v) is 13.6. The van der Waals surface area contributed by atoms with Gasteiger partial charge in [0.15, 0.2) is 6.10 Å². The highest BCUT2D eigenvalue weighted by Crippen LogP contribution is 2.35. The van der Waals surface area contributed by atoms with Crippen LogP contribution >= 0.6 is 0 Å².